The molecule has 1 aromatic carbocycles. The van der Waals surface area contributed by atoms with Crippen molar-refractivity contribution < 1.29 is 19.0 Å². The number of nitrogens with zero attached hydrogens (tertiary/aromatic N) is 1. The summed E-state index contributed by atoms with van der Waals surface area (Å²) in [5.74, 6) is -0.191. The van der Waals surface area contributed by atoms with E-state index in [0.29, 0.717) is 18.9 Å². The van der Waals surface area contributed by atoms with Crippen molar-refractivity contribution in [3.8, 4) is 5.75 Å². The molecule has 1 aliphatic heterocycles. The Morgan fingerprint density at radius 3 is 2.80 bits per heavy atom. The van der Waals surface area contributed by atoms with Crippen molar-refractivity contribution in [2.24, 2.45) is 5.92 Å². The van der Waals surface area contributed by atoms with Crippen molar-refractivity contribution in [1.82, 2.24) is 4.90 Å². The summed E-state index contributed by atoms with van der Waals surface area (Å²) in [5.41, 5.74) is 0. The molecule has 2 rings (SSSR count). The maximum absolute atomic E-state index is 12.7. The third kappa shape index (κ3) is 3.70. The Balaban J connectivity index is 1.73. The summed E-state index contributed by atoms with van der Waals surface area (Å²) in [5, 5.41) is 9.21. The van der Waals surface area contributed by atoms with E-state index in [1.54, 1.807) is 12.1 Å². The molecule has 1 saturated heterocycles. The average molecular weight is 281 g/mol. The molecule has 0 bridgehead atoms. The monoisotopic (exact) mass is 281 g/mol. The van der Waals surface area contributed by atoms with E-state index in [1.807, 2.05) is 11.8 Å². The smallest absolute Gasteiger partial charge is 0.321 e. The van der Waals surface area contributed by atoms with E-state index < -0.39 is 5.97 Å². The van der Waals surface area contributed by atoms with E-state index in [9.17, 15) is 14.3 Å². The summed E-state index contributed by atoms with van der Waals surface area (Å²) in [6.45, 7) is 4.02. The van der Waals surface area contributed by atoms with Crippen molar-refractivity contribution >= 4 is 5.97 Å². The highest BCUT2D eigenvalue weighted by Gasteiger charge is 2.35. The Kier molecular flexibility index (Phi) is 4.95. The van der Waals surface area contributed by atoms with Gasteiger partial charge in [0.15, 0.2) is 0 Å². The first-order chi connectivity index (χ1) is 9.58. The Morgan fingerprint density at radius 2 is 2.15 bits per heavy atom. The minimum Gasteiger partial charge on any atom is -0.494 e. The molecule has 5 heteroatoms. The van der Waals surface area contributed by atoms with Crippen molar-refractivity contribution in [3.05, 3.63) is 30.1 Å². The van der Waals surface area contributed by atoms with Gasteiger partial charge in [0.2, 0.25) is 0 Å². The minimum absolute atomic E-state index is 0.200. The molecule has 0 amide bonds. The molecule has 1 aromatic rings. The Labute approximate surface area is 118 Å². The predicted octanol–water partition coefficient (Wildman–Crippen LogP) is 2.39. The van der Waals surface area contributed by atoms with Gasteiger partial charge in [0, 0.05) is 6.54 Å². The van der Waals surface area contributed by atoms with Crippen molar-refractivity contribution in [2.45, 2.75) is 25.8 Å². The van der Waals surface area contributed by atoms with Gasteiger partial charge in [0.05, 0.1) is 6.61 Å². The molecule has 2 unspecified atom stereocenters. The number of carbonyl (C=O) groups is 1. The second kappa shape index (κ2) is 6.70. The van der Waals surface area contributed by atoms with E-state index >= 15 is 0 Å². The number of halogens is 1. The normalized spacial score (nSPS) is 22.9. The number of carboxylic acid groups (broad SMARTS) is 1. The quantitative estimate of drug-likeness (QED) is 0.813. The first-order valence-corrected chi connectivity index (χ1v) is 6.93. The number of rotatable bonds is 6. The molecule has 0 spiro atoms. The first-order valence-electron chi connectivity index (χ1n) is 6.93. The molecule has 0 saturated carbocycles. The lowest BCUT2D eigenvalue weighted by molar-refractivity contribution is -0.143. The molecule has 2 atom stereocenters. The average Bonchev–Trinajstić information content (AvgIpc) is 2.78. The molecular formula is C15H20FNO3. The predicted molar refractivity (Wildman–Crippen MR) is 73.3 cm³/mol. The van der Waals surface area contributed by atoms with Gasteiger partial charge in [-0.1, -0.05) is 6.92 Å². The SMILES string of the molecule is CC1CCN(CCCOc2ccc(F)cc2)C1C(=O)O. The van der Waals surface area contributed by atoms with Crippen LogP contribution in [-0.4, -0.2) is 41.7 Å². The minimum atomic E-state index is -0.741. The molecule has 20 heavy (non-hydrogen) atoms. The Bertz CT molecular complexity index is 449. The number of carboxylic acids is 1. The lowest BCUT2D eigenvalue weighted by Crippen LogP contribution is -2.39. The second-order valence-electron chi connectivity index (χ2n) is 5.24. The number of aliphatic carboxylic acids is 1. The van der Waals surface area contributed by atoms with Crippen LogP contribution in [0.5, 0.6) is 5.75 Å². The summed E-state index contributed by atoms with van der Waals surface area (Å²) in [6, 6.07) is 5.53. The third-order valence-electron chi connectivity index (χ3n) is 3.73. The maximum atomic E-state index is 12.7. The van der Waals surface area contributed by atoms with E-state index in [4.69, 9.17) is 4.74 Å². The Morgan fingerprint density at radius 1 is 1.45 bits per heavy atom. The maximum Gasteiger partial charge on any atom is 0.321 e. The van der Waals surface area contributed by atoms with Crippen LogP contribution in [0.25, 0.3) is 0 Å². The highest BCUT2D eigenvalue weighted by molar-refractivity contribution is 5.74. The van der Waals surface area contributed by atoms with Gasteiger partial charge in [0.25, 0.3) is 0 Å². The fraction of sp³-hybridized carbons (Fsp3) is 0.533. The van der Waals surface area contributed by atoms with Crippen LogP contribution >= 0.6 is 0 Å². The molecule has 0 aliphatic carbocycles. The van der Waals surface area contributed by atoms with E-state index in [0.717, 1.165) is 19.4 Å². The molecule has 110 valence electrons. The molecule has 1 heterocycles. The number of hydrogen-bond donors (Lipinski definition) is 1. The fourth-order valence-electron chi connectivity index (χ4n) is 2.67. The molecule has 1 fully saturated rings. The van der Waals surface area contributed by atoms with Gasteiger partial charge in [-0.2, -0.15) is 0 Å². The molecule has 4 nitrogen and oxygen atoms in total. The highest BCUT2D eigenvalue weighted by atomic mass is 19.1. The Hall–Kier alpha value is -1.62. The van der Waals surface area contributed by atoms with Gasteiger partial charge in [-0.15, -0.1) is 0 Å². The molecular weight excluding hydrogens is 261 g/mol. The van der Waals surface area contributed by atoms with Crippen LogP contribution in [-0.2, 0) is 4.79 Å². The van der Waals surface area contributed by atoms with Gasteiger partial charge in [0.1, 0.15) is 17.6 Å². The van der Waals surface area contributed by atoms with E-state index in [-0.39, 0.29) is 17.8 Å². The van der Waals surface area contributed by atoms with Gasteiger partial charge in [-0.25, -0.2) is 4.39 Å². The van der Waals surface area contributed by atoms with Crippen molar-refractivity contribution in [1.29, 1.82) is 0 Å². The lowest BCUT2D eigenvalue weighted by Gasteiger charge is -2.22. The third-order valence-corrected chi connectivity index (χ3v) is 3.73. The second-order valence-corrected chi connectivity index (χ2v) is 5.24. The van der Waals surface area contributed by atoms with Crippen LogP contribution < -0.4 is 4.74 Å². The van der Waals surface area contributed by atoms with E-state index in [2.05, 4.69) is 0 Å². The number of likely N-dealkylation sites (tertiary alicyclic amines) is 1. The zero-order valence-electron chi connectivity index (χ0n) is 11.6. The van der Waals surface area contributed by atoms with Crippen LogP contribution in [0.15, 0.2) is 24.3 Å². The van der Waals surface area contributed by atoms with Gasteiger partial charge >= 0.3 is 5.97 Å². The number of hydrogen-bond acceptors (Lipinski definition) is 3. The fourth-order valence-corrected chi connectivity index (χ4v) is 2.67. The largest absolute Gasteiger partial charge is 0.494 e. The summed E-state index contributed by atoms with van der Waals surface area (Å²) >= 11 is 0. The number of benzene rings is 1. The van der Waals surface area contributed by atoms with Crippen LogP contribution in [0.4, 0.5) is 4.39 Å². The highest BCUT2D eigenvalue weighted by Crippen LogP contribution is 2.24. The summed E-state index contributed by atoms with van der Waals surface area (Å²) in [6.07, 6.45) is 1.68. The van der Waals surface area contributed by atoms with E-state index in [1.165, 1.54) is 12.1 Å². The molecule has 1 N–H and O–H groups in total. The zero-order chi connectivity index (χ0) is 14.5. The van der Waals surface area contributed by atoms with Gasteiger partial charge in [-0.05, 0) is 49.6 Å². The summed E-state index contributed by atoms with van der Waals surface area (Å²) < 4.78 is 18.2. The lowest BCUT2D eigenvalue weighted by atomic mass is 10.0. The van der Waals surface area contributed by atoms with Gasteiger partial charge in [-0.3, -0.25) is 9.69 Å². The van der Waals surface area contributed by atoms with Crippen LogP contribution in [0.2, 0.25) is 0 Å². The molecule has 0 aromatic heterocycles. The van der Waals surface area contributed by atoms with Crippen molar-refractivity contribution in [2.75, 3.05) is 19.7 Å². The topological polar surface area (TPSA) is 49.8 Å². The standard InChI is InChI=1S/C15H20FNO3/c1-11-7-9-17(14(11)15(18)19)8-2-10-20-13-5-3-12(16)4-6-13/h3-6,11,14H,2,7-10H2,1H3,(H,18,19). The zero-order valence-corrected chi connectivity index (χ0v) is 11.6. The van der Waals surface area contributed by atoms with Crippen molar-refractivity contribution in [3.63, 3.8) is 0 Å². The van der Waals surface area contributed by atoms with Gasteiger partial charge < -0.3 is 9.84 Å². The van der Waals surface area contributed by atoms with Crippen LogP contribution in [0.3, 0.4) is 0 Å². The molecule has 0 radical (unpaired) electrons. The summed E-state index contributed by atoms with van der Waals surface area (Å²) in [7, 11) is 0. The van der Waals surface area contributed by atoms with Crippen LogP contribution in [0.1, 0.15) is 19.8 Å². The molecule has 1 aliphatic rings. The summed E-state index contributed by atoms with van der Waals surface area (Å²) in [4.78, 5) is 13.2. The number of ether oxygens (including phenoxy) is 1. The first kappa shape index (κ1) is 14.8. The van der Waals surface area contributed by atoms with Crippen LogP contribution in [0, 0.1) is 11.7 Å².